The van der Waals surface area contributed by atoms with Gasteiger partial charge >= 0.3 is 18.9 Å². The minimum Gasteiger partial charge on any atom is -0.445 e. The number of nitrogens with zero attached hydrogens (tertiary/aromatic N) is 1. The fourth-order valence-corrected chi connectivity index (χ4v) is 5.74. The molecule has 1 heterocycles. The first-order valence-corrected chi connectivity index (χ1v) is 13.5. The Hall–Kier alpha value is -2.84. The summed E-state index contributed by atoms with van der Waals surface area (Å²) in [6, 6.07) is 19.7. The monoisotopic (exact) mass is 542 g/mol. The van der Waals surface area contributed by atoms with E-state index < -0.39 is 16.1 Å². The van der Waals surface area contributed by atoms with Crippen LogP contribution >= 0.6 is 11.3 Å². The molecule has 0 saturated carbocycles. The third-order valence-electron chi connectivity index (χ3n) is 5.13. The maximum absolute atomic E-state index is 13.1. The van der Waals surface area contributed by atoms with Gasteiger partial charge in [-0.25, -0.2) is 18.1 Å². The molecule has 0 aliphatic heterocycles. The molecule has 0 aliphatic rings. The fraction of sp³-hybridized carbons (Fsp3) is 0.148. The number of carbonyl (C=O) groups excluding carboxylic acids is 1. The van der Waals surface area contributed by atoms with Crippen LogP contribution in [0.3, 0.4) is 0 Å². The van der Waals surface area contributed by atoms with E-state index in [1.807, 2.05) is 30.3 Å². The summed E-state index contributed by atoms with van der Waals surface area (Å²) >= 11 is 1.41. The maximum Gasteiger partial charge on any atom is 1.00 e. The van der Waals surface area contributed by atoms with Gasteiger partial charge < -0.3 is 29.1 Å². The molecule has 3 aromatic carbocycles. The fourth-order valence-electron chi connectivity index (χ4n) is 3.40. The van der Waals surface area contributed by atoms with Gasteiger partial charge in [-0.05, 0) is 30.2 Å². The van der Waals surface area contributed by atoms with Crippen LogP contribution < -0.4 is 29.3 Å². The number of ether oxygens (including phenoxy) is 1. The van der Waals surface area contributed by atoms with Gasteiger partial charge in [0.15, 0.2) is 0 Å². The summed E-state index contributed by atoms with van der Waals surface area (Å²) in [5.74, 6) is -0.0640. The van der Waals surface area contributed by atoms with Crippen molar-refractivity contribution in [3.63, 3.8) is 0 Å². The van der Waals surface area contributed by atoms with E-state index >= 15 is 0 Å². The van der Waals surface area contributed by atoms with Gasteiger partial charge in [0, 0.05) is 10.5 Å². The van der Waals surface area contributed by atoms with E-state index in [0.29, 0.717) is 30.2 Å². The molecule has 1 aromatic heterocycles. The van der Waals surface area contributed by atoms with Crippen LogP contribution in [0.4, 0.5) is 0 Å². The summed E-state index contributed by atoms with van der Waals surface area (Å²) in [5.41, 5.74) is 7.91. The number of nitrogens with two attached hydrogens (primary N) is 1. The summed E-state index contributed by atoms with van der Waals surface area (Å²) in [7, 11) is -3.95. The Morgan fingerprint density at radius 1 is 1.08 bits per heavy atom. The van der Waals surface area contributed by atoms with E-state index in [0.717, 1.165) is 15.8 Å². The minimum absolute atomic E-state index is 0. The number of rotatable bonds is 10. The Balaban J connectivity index is 0.000000774. The number of nitrogen functional groups attached to an aromatic ring is 1. The molecule has 0 aliphatic carbocycles. The van der Waals surface area contributed by atoms with Crippen molar-refractivity contribution in [3.8, 4) is 0 Å². The summed E-state index contributed by atoms with van der Waals surface area (Å²) in [6.07, 6.45) is 2.02. The van der Waals surface area contributed by atoms with Crippen LogP contribution in [-0.2, 0) is 26.0 Å². The van der Waals surface area contributed by atoms with E-state index in [2.05, 4.69) is 28.3 Å². The average molecular weight is 543 g/mol. The Morgan fingerprint density at radius 2 is 1.79 bits per heavy atom. The number of para-hydroxylation sites is 1. The van der Waals surface area contributed by atoms with Crippen LogP contribution in [0.15, 0.2) is 77.7 Å². The zero-order valence-corrected chi connectivity index (χ0v) is 22.6. The van der Waals surface area contributed by atoms with Crippen LogP contribution in [0, 0.1) is 19.3 Å². The number of fused-ring (bicyclic) bond motifs is 1. The number of benzene rings is 3. The first-order chi connectivity index (χ1) is 17.8. The maximum atomic E-state index is 13.1. The Labute approximate surface area is 239 Å². The van der Waals surface area contributed by atoms with Crippen molar-refractivity contribution in [2.75, 3.05) is 13.2 Å². The van der Waals surface area contributed by atoms with Crippen molar-refractivity contribution < 1.29 is 36.8 Å². The SMILES string of the molecule is N=C(N)c1cccc(CC(NS(=O)(=O)c2cccc([C-]=O)c2)c2nc3ccccc3s2)c1.[CH2-]COC[CH2-].[Li+]. The number of nitrogens with one attached hydrogen (secondary N) is 2. The molecule has 194 valence electrons. The van der Waals surface area contributed by atoms with Crippen molar-refractivity contribution in [2.45, 2.75) is 17.4 Å². The van der Waals surface area contributed by atoms with E-state index in [9.17, 15) is 13.2 Å². The van der Waals surface area contributed by atoms with E-state index in [4.69, 9.17) is 11.1 Å². The van der Waals surface area contributed by atoms with Gasteiger partial charge in [0.2, 0.25) is 10.0 Å². The molecule has 0 radical (unpaired) electrons. The molecule has 4 N–H and O–H groups in total. The van der Waals surface area contributed by atoms with Crippen molar-refractivity contribution in [1.29, 1.82) is 5.41 Å². The van der Waals surface area contributed by atoms with Crippen LogP contribution in [0.2, 0.25) is 0 Å². The summed E-state index contributed by atoms with van der Waals surface area (Å²) < 4.78 is 34.6. The molecule has 4 rings (SSSR count). The zero-order chi connectivity index (χ0) is 26.8. The predicted octanol–water partition coefficient (Wildman–Crippen LogP) is 0.976. The summed E-state index contributed by atoms with van der Waals surface area (Å²) in [4.78, 5) is 15.6. The number of aromatic nitrogens is 1. The molecular formula is C27H27LiN4O4S2-2. The number of amidine groups is 1. The third-order valence-corrected chi connectivity index (χ3v) is 7.75. The standard InChI is InChI=1S/C23H19N4O3S2.C4H8O.Li/c24-22(25)17-7-3-5-15(11-17)13-20(23-26-19-9-1-2-10-21(19)31-23)27-32(29,30)18-8-4-6-16(12-18)14-28;1-3-5-4-2;/h1-12,20,27H,13H2,(H3,24,25);1-4H2;/q-1;-2;+1. The van der Waals surface area contributed by atoms with Gasteiger partial charge in [0.1, 0.15) is 10.8 Å². The summed E-state index contributed by atoms with van der Waals surface area (Å²) in [6.45, 7) is 7.89. The van der Waals surface area contributed by atoms with Gasteiger partial charge in [0.05, 0.1) is 22.5 Å². The van der Waals surface area contributed by atoms with E-state index in [-0.39, 0.29) is 35.2 Å². The predicted molar refractivity (Wildman–Crippen MR) is 147 cm³/mol. The minimum atomic E-state index is -3.95. The van der Waals surface area contributed by atoms with Crippen molar-refractivity contribution in [1.82, 2.24) is 9.71 Å². The second kappa shape index (κ2) is 14.9. The molecule has 38 heavy (non-hydrogen) atoms. The van der Waals surface area contributed by atoms with Crippen LogP contribution in [0.25, 0.3) is 10.2 Å². The molecule has 8 nitrogen and oxygen atoms in total. The Morgan fingerprint density at radius 3 is 2.42 bits per heavy atom. The quantitative estimate of drug-likeness (QED) is 0.118. The molecule has 0 bridgehead atoms. The topological polar surface area (TPSA) is 135 Å². The molecule has 4 aromatic rings. The van der Waals surface area contributed by atoms with Crippen molar-refractivity contribution in [3.05, 3.63) is 108 Å². The normalized spacial score (nSPS) is 11.6. The smallest absolute Gasteiger partial charge is 0.445 e. The van der Waals surface area contributed by atoms with E-state index in [1.54, 1.807) is 24.5 Å². The molecule has 1 unspecified atom stereocenters. The molecule has 1 atom stereocenters. The number of sulfonamides is 1. The van der Waals surface area contributed by atoms with Crippen molar-refractivity contribution in [2.24, 2.45) is 5.73 Å². The summed E-state index contributed by atoms with van der Waals surface area (Å²) in [5, 5.41) is 8.28. The van der Waals surface area contributed by atoms with Crippen molar-refractivity contribution >= 4 is 43.7 Å². The Bertz CT molecular complexity index is 1440. The van der Waals surface area contributed by atoms with Crippen LogP contribution in [0.5, 0.6) is 0 Å². The average Bonchev–Trinajstić information content (AvgIpc) is 3.34. The third kappa shape index (κ3) is 8.60. The molecule has 0 spiro atoms. The molecular weight excluding hydrogens is 515 g/mol. The number of thiazole rings is 1. The number of hydrogen-bond donors (Lipinski definition) is 3. The van der Waals surface area contributed by atoms with Crippen LogP contribution in [-0.4, -0.2) is 38.7 Å². The van der Waals surface area contributed by atoms with Gasteiger partial charge in [-0.1, -0.05) is 49.6 Å². The second-order valence-electron chi connectivity index (χ2n) is 7.75. The number of hydrogen-bond acceptors (Lipinski definition) is 7. The second-order valence-corrected chi connectivity index (χ2v) is 10.5. The van der Waals surface area contributed by atoms with E-state index in [1.165, 1.54) is 35.6 Å². The molecule has 11 heteroatoms. The molecule has 0 amide bonds. The first kappa shape index (κ1) is 31.4. The molecule has 0 saturated heterocycles. The van der Waals surface area contributed by atoms with Gasteiger partial charge in [-0.15, -0.1) is 29.0 Å². The Kier molecular flexibility index (Phi) is 12.3. The largest absolute Gasteiger partial charge is 1.00 e. The van der Waals surface area contributed by atoms with Gasteiger partial charge in [0.25, 0.3) is 0 Å². The van der Waals surface area contributed by atoms with Gasteiger partial charge in [-0.3, -0.25) is 5.41 Å². The molecule has 0 fully saturated rings. The first-order valence-electron chi connectivity index (χ1n) is 11.2. The van der Waals surface area contributed by atoms with Gasteiger partial charge in [-0.2, -0.15) is 6.07 Å². The van der Waals surface area contributed by atoms with Crippen LogP contribution in [0.1, 0.15) is 27.7 Å². The zero-order valence-electron chi connectivity index (χ0n) is 21.0.